The molecule has 1 saturated heterocycles. The molecule has 3 heterocycles. The van der Waals surface area contributed by atoms with Crippen LogP contribution in [0, 0.1) is 5.92 Å². The minimum absolute atomic E-state index is 0.00484. The van der Waals surface area contributed by atoms with Gasteiger partial charge >= 0.3 is 5.97 Å². The summed E-state index contributed by atoms with van der Waals surface area (Å²) in [7, 11) is -3.71. The Hall–Kier alpha value is -3.37. The number of carbonyl (C=O) groups excluding carboxylic acids is 1. The number of carbonyl (C=O) groups is 1. The van der Waals surface area contributed by atoms with Gasteiger partial charge in [0.1, 0.15) is 12.3 Å². The van der Waals surface area contributed by atoms with Gasteiger partial charge in [0.05, 0.1) is 24.0 Å². The summed E-state index contributed by atoms with van der Waals surface area (Å²) in [6.07, 6.45) is 1.51. The Morgan fingerprint density at radius 2 is 1.74 bits per heavy atom. The number of piperidine rings is 1. The molecule has 0 unspecified atom stereocenters. The number of benzene rings is 2. The van der Waals surface area contributed by atoms with E-state index < -0.39 is 10.0 Å². The lowest BCUT2D eigenvalue weighted by molar-refractivity contribution is -0.151. The largest absolute Gasteiger partial charge is 0.490 e. The fourth-order valence-electron chi connectivity index (χ4n) is 4.17. The van der Waals surface area contributed by atoms with Crippen molar-refractivity contribution in [2.24, 2.45) is 5.92 Å². The standard InChI is InChI=1S/C25H26N2O7S/c28-25(33-17-20-15-23(34-26-20)18-5-2-1-3-6-18)19-9-11-27(12-10-19)35(29,30)21-7-8-22-24(16-21)32-14-4-13-31-22/h1-3,5-8,15-16,19H,4,9-14,17H2. The average Bonchev–Trinajstić information content (AvgIpc) is 3.25. The predicted molar refractivity (Wildman–Crippen MR) is 125 cm³/mol. The fraction of sp³-hybridized carbons (Fsp3) is 0.360. The van der Waals surface area contributed by atoms with E-state index in [9.17, 15) is 13.2 Å². The second-order valence-electron chi connectivity index (χ2n) is 8.49. The van der Waals surface area contributed by atoms with E-state index in [4.69, 9.17) is 18.7 Å². The van der Waals surface area contributed by atoms with Crippen LogP contribution in [-0.2, 0) is 26.2 Å². The number of rotatable bonds is 6. The maximum absolute atomic E-state index is 13.2. The Bertz CT molecular complexity index is 1280. The topological polar surface area (TPSA) is 108 Å². The highest BCUT2D eigenvalue weighted by molar-refractivity contribution is 7.89. The summed E-state index contributed by atoms with van der Waals surface area (Å²) in [5, 5.41) is 3.97. The number of fused-ring (bicyclic) bond motifs is 1. The summed E-state index contributed by atoms with van der Waals surface area (Å²) >= 11 is 0. The van der Waals surface area contributed by atoms with E-state index in [1.165, 1.54) is 16.4 Å². The van der Waals surface area contributed by atoms with Crippen molar-refractivity contribution < 1.29 is 31.9 Å². The number of sulfonamides is 1. The second kappa shape index (κ2) is 10.1. The molecule has 0 spiro atoms. The van der Waals surface area contributed by atoms with Gasteiger partial charge < -0.3 is 18.7 Å². The van der Waals surface area contributed by atoms with Gasteiger partial charge in [0.25, 0.3) is 0 Å². The zero-order valence-corrected chi connectivity index (χ0v) is 19.9. The Morgan fingerprint density at radius 1 is 1.00 bits per heavy atom. The Balaban J connectivity index is 1.15. The quantitative estimate of drug-likeness (QED) is 0.474. The van der Waals surface area contributed by atoms with Gasteiger partial charge in [-0.15, -0.1) is 0 Å². The number of hydrogen-bond acceptors (Lipinski definition) is 8. The summed E-state index contributed by atoms with van der Waals surface area (Å²) in [4.78, 5) is 12.7. The van der Waals surface area contributed by atoms with Gasteiger partial charge in [-0.3, -0.25) is 4.79 Å². The van der Waals surface area contributed by atoms with E-state index in [1.54, 1.807) is 12.1 Å². The zero-order chi connectivity index (χ0) is 24.3. The van der Waals surface area contributed by atoms with Crippen LogP contribution in [0.3, 0.4) is 0 Å². The Kier molecular flexibility index (Phi) is 6.74. The van der Waals surface area contributed by atoms with Crippen LogP contribution in [0.2, 0.25) is 0 Å². The van der Waals surface area contributed by atoms with E-state index in [1.807, 2.05) is 30.3 Å². The van der Waals surface area contributed by atoms with E-state index in [0.29, 0.717) is 49.0 Å². The highest BCUT2D eigenvalue weighted by Crippen LogP contribution is 2.34. The van der Waals surface area contributed by atoms with Gasteiger partial charge in [-0.1, -0.05) is 35.5 Å². The number of hydrogen-bond donors (Lipinski definition) is 0. The molecule has 0 saturated carbocycles. The lowest BCUT2D eigenvalue weighted by Gasteiger charge is -2.30. The minimum Gasteiger partial charge on any atom is -0.490 e. The van der Waals surface area contributed by atoms with Crippen LogP contribution in [0.1, 0.15) is 25.0 Å². The molecule has 2 aromatic carbocycles. The third kappa shape index (κ3) is 5.18. The van der Waals surface area contributed by atoms with Crippen LogP contribution in [0.5, 0.6) is 11.5 Å². The molecule has 0 amide bonds. The Labute approximate surface area is 203 Å². The molecule has 1 fully saturated rings. The molecule has 2 aliphatic heterocycles. The third-order valence-electron chi connectivity index (χ3n) is 6.12. The monoisotopic (exact) mass is 498 g/mol. The molecule has 0 N–H and O–H groups in total. The SMILES string of the molecule is O=C(OCc1cc(-c2ccccc2)on1)C1CCN(S(=O)(=O)c2ccc3c(c2)OCCCO3)CC1. The van der Waals surface area contributed by atoms with E-state index in [-0.39, 0.29) is 36.5 Å². The Morgan fingerprint density at radius 3 is 2.51 bits per heavy atom. The number of ether oxygens (including phenoxy) is 3. The molecule has 9 nitrogen and oxygen atoms in total. The van der Waals surface area contributed by atoms with Gasteiger partial charge in [-0.2, -0.15) is 4.31 Å². The maximum atomic E-state index is 13.2. The van der Waals surface area contributed by atoms with Crippen molar-refractivity contribution in [1.82, 2.24) is 9.46 Å². The van der Waals surface area contributed by atoms with Gasteiger partial charge in [0.15, 0.2) is 17.3 Å². The number of esters is 1. The summed E-state index contributed by atoms with van der Waals surface area (Å²) < 4.78 is 49.7. The van der Waals surface area contributed by atoms with Crippen LogP contribution in [-0.4, -0.2) is 50.2 Å². The van der Waals surface area contributed by atoms with E-state index in [2.05, 4.69) is 5.16 Å². The van der Waals surface area contributed by atoms with Crippen molar-refractivity contribution in [2.45, 2.75) is 30.8 Å². The predicted octanol–water partition coefficient (Wildman–Crippen LogP) is 3.65. The van der Waals surface area contributed by atoms with Crippen molar-refractivity contribution >= 4 is 16.0 Å². The van der Waals surface area contributed by atoms with Crippen LogP contribution in [0.15, 0.2) is 64.0 Å². The van der Waals surface area contributed by atoms with Gasteiger partial charge in [0, 0.05) is 37.2 Å². The molecule has 5 rings (SSSR count). The van der Waals surface area contributed by atoms with Crippen LogP contribution < -0.4 is 9.47 Å². The van der Waals surface area contributed by atoms with Crippen LogP contribution >= 0.6 is 0 Å². The smallest absolute Gasteiger partial charge is 0.309 e. The summed E-state index contributed by atoms with van der Waals surface area (Å²) in [5.74, 6) is 0.855. The molecule has 0 aliphatic carbocycles. The fourth-order valence-corrected chi connectivity index (χ4v) is 5.65. The number of nitrogens with zero attached hydrogens (tertiary/aromatic N) is 2. The van der Waals surface area contributed by atoms with E-state index in [0.717, 1.165) is 12.0 Å². The maximum Gasteiger partial charge on any atom is 0.309 e. The first-order chi connectivity index (χ1) is 17.0. The molecule has 1 aromatic heterocycles. The summed E-state index contributed by atoms with van der Waals surface area (Å²) in [6, 6.07) is 15.9. The van der Waals surface area contributed by atoms with Gasteiger partial charge in [-0.25, -0.2) is 8.42 Å². The summed E-state index contributed by atoms with van der Waals surface area (Å²) in [5.41, 5.74) is 1.41. The molecule has 0 radical (unpaired) electrons. The molecule has 0 atom stereocenters. The molecular formula is C25H26N2O7S. The van der Waals surface area contributed by atoms with E-state index >= 15 is 0 Å². The minimum atomic E-state index is -3.71. The molecule has 0 bridgehead atoms. The first-order valence-electron chi connectivity index (χ1n) is 11.6. The highest BCUT2D eigenvalue weighted by atomic mass is 32.2. The zero-order valence-electron chi connectivity index (χ0n) is 19.1. The van der Waals surface area contributed by atoms with Crippen molar-refractivity contribution in [3.05, 3.63) is 60.3 Å². The molecule has 3 aromatic rings. The van der Waals surface area contributed by atoms with Crippen LogP contribution in [0.4, 0.5) is 0 Å². The van der Waals surface area contributed by atoms with Gasteiger partial charge in [0.2, 0.25) is 10.0 Å². The summed E-state index contributed by atoms with van der Waals surface area (Å²) in [6.45, 7) is 1.49. The number of aromatic nitrogens is 1. The normalized spacial score (nSPS) is 17.0. The van der Waals surface area contributed by atoms with Crippen molar-refractivity contribution in [3.63, 3.8) is 0 Å². The van der Waals surface area contributed by atoms with Crippen molar-refractivity contribution in [3.8, 4) is 22.8 Å². The lowest BCUT2D eigenvalue weighted by Crippen LogP contribution is -2.40. The van der Waals surface area contributed by atoms with Gasteiger partial charge in [-0.05, 0) is 25.0 Å². The molecule has 2 aliphatic rings. The third-order valence-corrected chi connectivity index (χ3v) is 8.02. The average molecular weight is 499 g/mol. The van der Waals surface area contributed by atoms with Crippen LogP contribution in [0.25, 0.3) is 11.3 Å². The first kappa shape index (κ1) is 23.4. The molecular weight excluding hydrogens is 472 g/mol. The van der Waals surface area contributed by atoms with Crippen molar-refractivity contribution in [2.75, 3.05) is 26.3 Å². The first-order valence-corrected chi connectivity index (χ1v) is 13.0. The highest BCUT2D eigenvalue weighted by Gasteiger charge is 2.33. The second-order valence-corrected chi connectivity index (χ2v) is 10.4. The van der Waals surface area contributed by atoms with Crippen molar-refractivity contribution in [1.29, 1.82) is 0 Å². The molecule has 184 valence electrons. The molecule has 35 heavy (non-hydrogen) atoms. The lowest BCUT2D eigenvalue weighted by atomic mass is 9.98. The molecule has 10 heteroatoms.